The number of carbonyl (C=O) groups excluding carboxylic acids is 1. The summed E-state index contributed by atoms with van der Waals surface area (Å²) in [5.41, 5.74) is 1.46. The van der Waals surface area contributed by atoms with Gasteiger partial charge in [-0.2, -0.15) is 0 Å². The zero-order chi connectivity index (χ0) is 13.0. The summed E-state index contributed by atoms with van der Waals surface area (Å²) in [6.45, 7) is 4.12. The Morgan fingerprint density at radius 2 is 2.18 bits per heavy atom. The first-order chi connectivity index (χ1) is 7.91. The minimum absolute atomic E-state index is 0.0665. The van der Waals surface area contributed by atoms with E-state index in [-0.39, 0.29) is 11.2 Å². The van der Waals surface area contributed by atoms with E-state index in [1.54, 1.807) is 18.4 Å². The molecular weight excluding hydrogens is 258 g/mol. The summed E-state index contributed by atoms with van der Waals surface area (Å²) in [5.74, 6) is -0.229. The van der Waals surface area contributed by atoms with E-state index in [9.17, 15) is 9.00 Å². The summed E-state index contributed by atoms with van der Waals surface area (Å²) in [6, 6.07) is 5.28. The van der Waals surface area contributed by atoms with Gasteiger partial charge in [0.05, 0.1) is 10.6 Å². The first-order valence-electron chi connectivity index (χ1n) is 5.28. The van der Waals surface area contributed by atoms with Gasteiger partial charge in [-0.3, -0.25) is 9.00 Å². The standard InChI is InChI=1S/C12H16ClNO2S/c1-8-4-5-10(11(13)6-8)12(15)14-7-9(2)17(3)16/h4-6,9H,7H2,1-3H3,(H,14,15)/t9-,17+/m0/s1. The average molecular weight is 274 g/mol. The van der Waals surface area contributed by atoms with Gasteiger partial charge >= 0.3 is 0 Å². The Hall–Kier alpha value is -0.870. The molecule has 1 aromatic rings. The average Bonchev–Trinajstić information content (AvgIpc) is 2.25. The summed E-state index contributed by atoms with van der Waals surface area (Å²) in [4.78, 5) is 11.8. The SMILES string of the molecule is Cc1ccc(C(=O)NC[C@H](C)[S@@](C)=O)c(Cl)c1. The topological polar surface area (TPSA) is 46.2 Å². The van der Waals surface area contributed by atoms with E-state index in [0.717, 1.165) is 5.56 Å². The lowest BCUT2D eigenvalue weighted by Gasteiger charge is -2.11. The maximum atomic E-state index is 11.8. The molecule has 0 aliphatic heterocycles. The summed E-state index contributed by atoms with van der Waals surface area (Å²) in [5, 5.41) is 3.10. The van der Waals surface area contributed by atoms with Crippen molar-refractivity contribution in [3.8, 4) is 0 Å². The quantitative estimate of drug-likeness (QED) is 0.914. The van der Waals surface area contributed by atoms with Crippen LogP contribution in [-0.2, 0) is 10.8 Å². The van der Waals surface area contributed by atoms with Crippen molar-refractivity contribution in [1.82, 2.24) is 5.32 Å². The van der Waals surface area contributed by atoms with Crippen LogP contribution in [0.3, 0.4) is 0 Å². The second-order valence-corrected chi connectivity index (χ2v) is 6.21. The normalized spacial score (nSPS) is 14.1. The molecule has 0 spiro atoms. The van der Waals surface area contributed by atoms with Crippen molar-refractivity contribution in [2.24, 2.45) is 0 Å². The Bertz CT molecular complexity index is 448. The van der Waals surface area contributed by atoms with Crippen molar-refractivity contribution in [3.63, 3.8) is 0 Å². The molecule has 5 heteroatoms. The summed E-state index contributed by atoms with van der Waals surface area (Å²) >= 11 is 5.98. The molecular formula is C12H16ClNO2S. The molecule has 0 aliphatic carbocycles. The molecule has 1 aromatic carbocycles. The van der Waals surface area contributed by atoms with E-state index in [1.165, 1.54) is 0 Å². The molecule has 0 saturated heterocycles. The Balaban J connectivity index is 2.67. The van der Waals surface area contributed by atoms with Crippen LogP contribution in [0.4, 0.5) is 0 Å². The van der Waals surface area contributed by atoms with Crippen LogP contribution in [-0.4, -0.2) is 28.2 Å². The van der Waals surface area contributed by atoms with Gasteiger partial charge in [-0.25, -0.2) is 0 Å². The number of halogens is 1. The second kappa shape index (κ2) is 6.17. The largest absolute Gasteiger partial charge is 0.351 e. The van der Waals surface area contributed by atoms with Crippen LogP contribution in [0.2, 0.25) is 5.02 Å². The first kappa shape index (κ1) is 14.2. The molecule has 0 aliphatic rings. The van der Waals surface area contributed by atoms with Crippen LogP contribution in [0.25, 0.3) is 0 Å². The van der Waals surface area contributed by atoms with Crippen molar-refractivity contribution >= 4 is 28.3 Å². The van der Waals surface area contributed by atoms with Crippen LogP contribution in [0.15, 0.2) is 18.2 Å². The molecule has 0 bridgehead atoms. The van der Waals surface area contributed by atoms with Crippen LogP contribution in [0, 0.1) is 6.92 Å². The second-order valence-electron chi connectivity index (χ2n) is 4.00. The lowest BCUT2D eigenvalue weighted by atomic mass is 10.1. The minimum atomic E-state index is -0.940. The summed E-state index contributed by atoms with van der Waals surface area (Å²) in [6.07, 6.45) is 1.62. The molecule has 0 aromatic heterocycles. The van der Waals surface area contributed by atoms with Gasteiger partial charge in [0.25, 0.3) is 5.91 Å². The highest BCUT2D eigenvalue weighted by molar-refractivity contribution is 7.84. The molecule has 1 N–H and O–H groups in total. The van der Waals surface area contributed by atoms with Crippen molar-refractivity contribution < 1.29 is 9.00 Å². The molecule has 0 fully saturated rings. The third kappa shape index (κ3) is 4.13. The van der Waals surface area contributed by atoms with Crippen molar-refractivity contribution in [1.29, 1.82) is 0 Å². The zero-order valence-corrected chi connectivity index (χ0v) is 11.7. The van der Waals surface area contributed by atoms with Crippen LogP contribution in [0.5, 0.6) is 0 Å². The fourth-order valence-corrected chi connectivity index (χ4v) is 1.89. The van der Waals surface area contributed by atoms with Gasteiger partial charge in [0, 0.05) is 28.9 Å². The minimum Gasteiger partial charge on any atom is -0.351 e. The van der Waals surface area contributed by atoms with Crippen LogP contribution in [0.1, 0.15) is 22.8 Å². The molecule has 0 radical (unpaired) electrons. The lowest BCUT2D eigenvalue weighted by molar-refractivity contribution is 0.0954. The fourth-order valence-electron chi connectivity index (χ4n) is 1.25. The van der Waals surface area contributed by atoms with E-state index in [0.29, 0.717) is 17.1 Å². The highest BCUT2D eigenvalue weighted by Crippen LogP contribution is 2.17. The molecule has 0 heterocycles. The predicted molar refractivity (Wildman–Crippen MR) is 72.1 cm³/mol. The number of rotatable bonds is 4. The predicted octanol–water partition coefficient (Wildman–Crippen LogP) is 2.15. The molecule has 2 atom stereocenters. The van der Waals surface area contributed by atoms with Gasteiger partial charge in [-0.15, -0.1) is 0 Å². The molecule has 0 unspecified atom stereocenters. The number of nitrogens with one attached hydrogen (secondary N) is 1. The van der Waals surface area contributed by atoms with E-state index in [4.69, 9.17) is 11.6 Å². The van der Waals surface area contributed by atoms with Gasteiger partial charge in [0.1, 0.15) is 0 Å². The smallest absolute Gasteiger partial charge is 0.252 e. The zero-order valence-electron chi connectivity index (χ0n) is 10.1. The highest BCUT2D eigenvalue weighted by atomic mass is 35.5. The van der Waals surface area contributed by atoms with Crippen molar-refractivity contribution in [2.45, 2.75) is 19.1 Å². The number of hydrogen-bond donors (Lipinski definition) is 1. The van der Waals surface area contributed by atoms with Crippen LogP contribution < -0.4 is 5.32 Å². The number of amides is 1. The third-order valence-electron chi connectivity index (χ3n) is 2.49. The third-order valence-corrected chi connectivity index (χ3v) is 4.10. The molecule has 3 nitrogen and oxygen atoms in total. The van der Waals surface area contributed by atoms with E-state index < -0.39 is 10.8 Å². The monoisotopic (exact) mass is 273 g/mol. The van der Waals surface area contributed by atoms with Gasteiger partial charge in [-0.1, -0.05) is 17.7 Å². The van der Waals surface area contributed by atoms with Gasteiger partial charge < -0.3 is 5.32 Å². The van der Waals surface area contributed by atoms with E-state index >= 15 is 0 Å². The lowest BCUT2D eigenvalue weighted by Crippen LogP contribution is -2.32. The Kier molecular flexibility index (Phi) is 5.15. The van der Waals surface area contributed by atoms with Gasteiger partial charge in [0.15, 0.2) is 0 Å². The Morgan fingerprint density at radius 1 is 1.53 bits per heavy atom. The maximum Gasteiger partial charge on any atom is 0.252 e. The van der Waals surface area contributed by atoms with Gasteiger partial charge in [0.2, 0.25) is 0 Å². The Labute approximate surface area is 109 Å². The number of benzene rings is 1. The van der Waals surface area contributed by atoms with E-state index in [1.807, 2.05) is 19.9 Å². The molecule has 17 heavy (non-hydrogen) atoms. The summed E-state index contributed by atoms with van der Waals surface area (Å²) < 4.78 is 11.1. The number of carbonyl (C=O) groups is 1. The number of aryl methyl sites for hydroxylation is 1. The highest BCUT2D eigenvalue weighted by Gasteiger charge is 2.12. The molecule has 94 valence electrons. The molecule has 1 rings (SSSR count). The Morgan fingerprint density at radius 3 is 2.71 bits per heavy atom. The van der Waals surface area contributed by atoms with Crippen molar-refractivity contribution in [3.05, 3.63) is 34.3 Å². The molecule has 0 saturated carbocycles. The number of hydrogen-bond acceptors (Lipinski definition) is 2. The van der Waals surface area contributed by atoms with E-state index in [2.05, 4.69) is 5.32 Å². The molecule has 1 amide bonds. The maximum absolute atomic E-state index is 11.8. The fraction of sp³-hybridized carbons (Fsp3) is 0.417. The van der Waals surface area contributed by atoms with Crippen molar-refractivity contribution in [2.75, 3.05) is 12.8 Å². The van der Waals surface area contributed by atoms with Crippen LogP contribution >= 0.6 is 11.6 Å². The summed E-state index contributed by atoms with van der Waals surface area (Å²) in [7, 11) is -0.940. The first-order valence-corrected chi connectivity index (χ1v) is 7.28. The van der Waals surface area contributed by atoms with Gasteiger partial charge in [-0.05, 0) is 31.5 Å².